The molecule has 4 nitrogen and oxygen atoms in total. The van der Waals surface area contributed by atoms with Gasteiger partial charge in [0.05, 0.1) is 23.7 Å². The first-order chi connectivity index (χ1) is 11.5. The summed E-state index contributed by atoms with van der Waals surface area (Å²) < 4.78 is 5.50. The van der Waals surface area contributed by atoms with Crippen molar-refractivity contribution < 1.29 is 14.4 Å². The molecular formula is C19H25ClNO3+. The molecule has 2 heterocycles. The predicted octanol–water partition coefficient (Wildman–Crippen LogP) is 2.92. The van der Waals surface area contributed by atoms with Crippen molar-refractivity contribution in [2.24, 2.45) is 5.92 Å². The molecule has 1 aliphatic rings. The highest BCUT2D eigenvalue weighted by atomic mass is 35.5. The summed E-state index contributed by atoms with van der Waals surface area (Å²) in [5, 5.41) is 11.7. The molecule has 130 valence electrons. The number of aromatic hydroxyl groups is 1. The first kappa shape index (κ1) is 17.3. The molecule has 1 aliphatic heterocycles. The normalized spacial score (nSPS) is 21.3. The van der Waals surface area contributed by atoms with Crippen molar-refractivity contribution in [3.63, 3.8) is 0 Å². The van der Waals surface area contributed by atoms with Crippen molar-refractivity contribution in [1.82, 2.24) is 0 Å². The Morgan fingerprint density at radius 1 is 1.42 bits per heavy atom. The van der Waals surface area contributed by atoms with E-state index in [-0.39, 0.29) is 11.4 Å². The van der Waals surface area contributed by atoms with Crippen LogP contribution in [0.5, 0.6) is 5.75 Å². The Hall–Kier alpha value is -1.52. The number of quaternary nitrogens is 1. The number of hydrogen-bond donors (Lipinski definition) is 2. The first-order valence-electron chi connectivity index (χ1n) is 8.80. The van der Waals surface area contributed by atoms with Gasteiger partial charge in [0.2, 0.25) is 0 Å². The third kappa shape index (κ3) is 3.45. The van der Waals surface area contributed by atoms with Gasteiger partial charge in [0.15, 0.2) is 5.58 Å². The van der Waals surface area contributed by atoms with Crippen molar-refractivity contribution in [2.45, 2.75) is 46.1 Å². The maximum Gasteiger partial charge on any atom is 0.336 e. The van der Waals surface area contributed by atoms with Crippen LogP contribution in [-0.2, 0) is 13.0 Å². The van der Waals surface area contributed by atoms with Crippen LogP contribution in [-0.4, -0.2) is 18.2 Å². The molecular weight excluding hydrogens is 326 g/mol. The summed E-state index contributed by atoms with van der Waals surface area (Å²) in [6, 6.07) is 3.26. The number of benzene rings is 1. The molecule has 5 heteroatoms. The Morgan fingerprint density at radius 2 is 2.21 bits per heavy atom. The lowest BCUT2D eigenvalue weighted by atomic mass is 9.98. The van der Waals surface area contributed by atoms with Crippen LogP contribution in [0.4, 0.5) is 0 Å². The van der Waals surface area contributed by atoms with Gasteiger partial charge in [-0.3, -0.25) is 0 Å². The minimum atomic E-state index is -0.365. The Balaban J connectivity index is 2.11. The molecule has 3 rings (SSSR count). The predicted molar refractivity (Wildman–Crippen MR) is 96.0 cm³/mol. The maximum atomic E-state index is 12.0. The lowest BCUT2D eigenvalue weighted by Crippen LogP contribution is -3.12. The fraction of sp³-hybridized carbons (Fsp3) is 0.526. The van der Waals surface area contributed by atoms with Crippen LogP contribution in [0, 0.1) is 5.92 Å². The third-order valence-corrected chi connectivity index (χ3v) is 5.24. The highest BCUT2D eigenvalue weighted by molar-refractivity contribution is 6.33. The number of hydrogen-bond acceptors (Lipinski definition) is 3. The van der Waals surface area contributed by atoms with Gasteiger partial charge in [-0.25, -0.2) is 4.79 Å². The van der Waals surface area contributed by atoms with E-state index in [9.17, 15) is 9.90 Å². The van der Waals surface area contributed by atoms with E-state index >= 15 is 0 Å². The van der Waals surface area contributed by atoms with E-state index in [4.69, 9.17) is 16.0 Å². The third-order valence-electron chi connectivity index (χ3n) is 4.95. The number of phenols is 1. The first-order valence-corrected chi connectivity index (χ1v) is 9.18. The number of halogens is 1. The Kier molecular flexibility index (Phi) is 5.16. The lowest BCUT2D eigenvalue weighted by Gasteiger charge is -2.28. The van der Waals surface area contributed by atoms with Crippen LogP contribution >= 0.6 is 11.6 Å². The monoisotopic (exact) mass is 350 g/mol. The molecule has 1 aromatic heterocycles. The molecule has 0 spiro atoms. The molecule has 0 bridgehead atoms. The van der Waals surface area contributed by atoms with Gasteiger partial charge in [-0.05, 0) is 30.9 Å². The van der Waals surface area contributed by atoms with Gasteiger partial charge >= 0.3 is 5.63 Å². The zero-order valence-corrected chi connectivity index (χ0v) is 15.1. The number of piperidine rings is 1. The molecule has 2 aromatic rings. The number of aryl methyl sites for hydroxylation is 1. The van der Waals surface area contributed by atoms with Crippen LogP contribution < -0.4 is 10.5 Å². The van der Waals surface area contributed by atoms with Crippen molar-refractivity contribution in [2.75, 3.05) is 13.1 Å². The van der Waals surface area contributed by atoms with Crippen LogP contribution in [0.15, 0.2) is 21.3 Å². The van der Waals surface area contributed by atoms with Gasteiger partial charge < -0.3 is 14.4 Å². The molecule has 1 fully saturated rings. The van der Waals surface area contributed by atoms with E-state index in [1.165, 1.54) is 17.7 Å². The average Bonchev–Trinajstić information content (AvgIpc) is 2.53. The highest BCUT2D eigenvalue weighted by Gasteiger charge is 2.25. The second-order valence-electron chi connectivity index (χ2n) is 7.03. The molecule has 1 unspecified atom stereocenters. The summed E-state index contributed by atoms with van der Waals surface area (Å²) >= 11 is 6.27. The molecule has 0 amide bonds. The average molecular weight is 351 g/mol. The molecule has 2 N–H and O–H groups in total. The summed E-state index contributed by atoms with van der Waals surface area (Å²) in [7, 11) is 0. The van der Waals surface area contributed by atoms with Gasteiger partial charge in [-0.2, -0.15) is 0 Å². The van der Waals surface area contributed by atoms with E-state index < -0.39 is 0 Å². The second kappa shape index (κ2) is 7.16. The molecule has 1 saturated heterocycles. The van der Waals surface area contributed by atoms with Gasteiger partial charge in [-0.1, -0.05) is 31.9 Å². The second-order valence-corrected chi connectivity index (χ2v) is 7.44. The highest BCUT2D eigenvalue weighted by Crippen LogP contribution is 2.35. The Bertz CT molecular complexity index is 799. The van der Waals surface area contributed by atoms with Crippen molar-refractivity contribution in [3.05, 3.63) is 38.7 Å². The topological polar surface area (TPSA) is 54.9 Å². The summed E-state index contributed by atoms with van der Waals surface area (Å²) in [6.07, 6.45) is 4.15. The quantitative estimate of drug-likeness (QED) is 0.834. The van der Waals surface area contributed by atoms with Gasteiger partial charge in [0.1, 0.15) is 12.3 Å². The molecule has 2 atom stereocenters. The minimum absolute atomic E-state index is 0.0479. The minimum Gasteiger partial charge on any atom is -0.506 e. The van der Waals surface area contributed by atoms with Crippen molar-refractivity contribution >= 4 is 22.6 Å². The number of fused-ring (bicyclic) bond motifs is 1. The zero-order chi connectivity index (χ0) is 17.3. The number of phenolic OH excluding ortho intramolecular Hbond substituents is 1. The fourth-order valence-corrected chi connectivity index (χ4v) is 4.05. The molecule has 0 aliphatic carbocycles. The van der Waals surface area contributed by atoms with Crippen LogP contribution in [0.3, 0.4) is 0 Å². The molecule has 0 saturated carbocycles. The van der Waals surface area contributed by atoms with E-state index in [2.05, 4.69) is 13.8 Å². The number of rotatable bonds is 4. The maximum absolute atomic E-state index is 12.0. The van der Waals surface area contributed by atoms with Gasteiger partial charge in [-0.15, -0.1) is 0 Å². The smallest absolute Gasteiger partial charge is 0.336 e. The summed E-state index contributed by atoms with van der Waals surface area (Å²) in [5.41, 5.74) is 1.74. The number of likely N-dealkylation sites (tertiary alicyclic amines) is 1. The summed E-state index contributed by atoms with van der Waals surface area (Å²) in [5.74, 6) is 0.718. The SMILES string of the molecule is CCCc1cc(=O)oc2c(C[NH+]3CCC[C@H](C)C3)c(O)c(Cl)cc12. The fourth-order valence-electron chi connectivity index (χ4n) is 3.83. The molecule has 24 heavy (non-hydrogen) atoms. The van der Waals surface area contributed by atoms with Crippen LogP contribution in [0.1, 0.15) is 44.2 Å². The molecule has 0 radical (unpaired) electrons. The largest absolute Gasteiger partial charge is 0.506 e. The van der Waals surface area contributed by atoms with E-state index in [1.807, 2.05) is 0 Å². The van der Waals surface area contributed by atoms with Crippen LogP contribution in [0.2, 0.25) is 5.02 Å². The van der Waals surface area contributed by atoms with E-state index in [0.717, 1.165) is 36.9 Å². The van der Waals surface area contributed by atoms with Gasteiger partial charge in [0.25, 0.3) is 0 Å². The van der Waals surface area contributed by atoms with Crippen molar-refractivity contribution in [3.8, 4) is 5.75 Å². The summed E-state index contributed by atoms with van der Waals surface area (Å²) in [4.78, 5) is 13.4. The van der Waals surface area contributed by atoms with Crippen molar-refractivity contribution in [1.29, 1.82) is 0 Å². The Morgan fingerprint density at radius 3 is 2.92 bits per heavy atom. The number of nitrogens with one attached hydrogen (secondary N) is 1. The molecule has 1 aromatic carbocycles. The summed E-state index contributed by atoms with van der Waals surface area (Å²) in [6.45, 7) is 7.09. The lowest BCUT2D eigenvalue weighted by molar-refractivity contribution is -0.922. The zero-order valence-electron chi connectivity index (χ0n) is 14.3. The standard InChI is InChI=1S/C19H24ClNO3/c1-3-5-13-8-17(22)24-19-14(13)9-16(20)18(23)15(19)11-21-7-4-6-12(2)10-21/h8-9,12,23H,3-7,10-11H2,1-2H3/p+1/t12-/m0/s1. The van der Waals surface area contributed by atoms with Gasteiger partial charge in [0, 0.05) is 17.4 Å². The van der Waals surface area contributed by atoms with Crippen LogP contribution in [0.25, 0.3) is 11.0 Å². The Labute approximate surface area is 147 Å². The van der Waals surface area contributed by atoms with E-state index in [1.54, 1.807) is 12.1 Å². The van der Waals surface area contributed by atoms with E-state index in [0.29, 0.717) is 28.6 Å².